The van der Waals surface area contributed by atoms with Gasteiger partial charge < -0.3 is 5.32 Å². The number of nitrogens with one attached hydrogen (secondary N) is 2. The van der Waals surface area contributed by atoms with Crippen molar-refractivity contribution < 1.29 is 18.4 Å². The second kappa shape index (κ2) is 4.28. The van der Waals surface area contributed by atoms with Gasteiger partial charge in [0.05, 0.1) is 12.1 Å². The molecule has 0 radical (unpaired) electrons. The van der Waals surface area contributed by atoms with E-state index in [1.807, 2.05) is 0 Å². The molecule has 0 aromatic heterocycles. The van der Waals surface area contributed by atoms with Crippen molar-refractivity contribution in [3.63, 3.8) is 0 Å². The number of benzene rings is 1. The molecule has 0 fully saturated rings. The summed E-state index contributed by atoms with van der Waals surface area (Å²) in [6.45, 7) is 0. The Balaban J connectivity index is 2.11. The molecule has 1 aromatic carbocycles. The smallest absolute Gasteiger partial charge is 0.272 e. The normalized spacial score (nSPS) is 14.2. The topological polar surface area (TPSA) is 70.6 Å². The van der Waals surface area contributed by atoms with Crippen LogP contribution in [0.1, 0.15) is 6.42 Å². The van der Waals surface area contributed by atoms with Gasteiger partial charge in [0.25, 0.3) is 5.91 Å². The van der Waals surface area contributed by atoms with Crippen LogP contribution in [0, 0.1) is 11.6 Å². The molecule has 2 N–H and O–H groups in total. The lowest BCUT2D eigenvalue weighted by atomic mass is 10.2. The Morgan fingerprint density at radius 3 is 2.76 bits per heavy atom. The van der Waals surface area contributed by atoms with E-state index in [1.165, 1.54) is 0 Å². The molecule has 1 aliphatic heterocycles. The van der Waals surface area contributed by atoms with Crippen molar-refractivity contribution in [1.82, 2.24) is 5.43 Å². The Kier molecular flexibility index (Phi) is 2.82. The van der Waals surface area contributed by atoms with Crippen LogP contribution in [-0.2, 0) is 9.59 Å². The van der Waals surface area contributed by atoms with Crippen LogP contribution in [0.4, 0.5) is 14.5 Å². The minimum absolute atomic E-state index is 0.0428. The van der Waals surface area contributed by atoms with Crippen LogP contribution in [0.2, 0.25) is 0 Å². The first-order valence-electron chi connectivity index (χ1n) is 4.68. The minimum atomic E-state index is -0.892. The van der Waals surface area contributed by atoms with Gasteiger partial charge in [-0.1, -0.05) is 0 Å². The maximum atomic E-state index is 13.2. The number of nitrogens with zero attached hydrogens (tertiary/aromatic N) is 1. The summed E-state index contributed by atoms with van der Waals surface area (Å²) in [4.78, 5) is 22.3. The fraction of sp³-hybridized carbons (Fsp3) is 0.100. The molecule has 0 saturated carbocycles. The fourth-order valence-corrected chi connectivity index (χ4v) is 1.28. The Morgan fingerprint density at radius 2 is 2.18 bits per heavy atom. The molecule has 2 rings (SSSR count). The van der Waals surface area contributed by atoms with Gasteiger partial charge in [-0.25, -0.2) is 14.2 Å². The van der Waals surface area contributed by atoms with E-state index >= 15 is 0 Å². The molecule has 0 bridgehead atoms. The zero-order chi connectivity index (χ0) is 12.4. The van der Waals surface area contributed by atoms with E-state index in [9.17, 15) is 18.4 Å². The molecule has 1 aliphatic rings. The predicted molar refractivity (Wildman–Crippen MR) is 55.2 cm³/mol. The van der Waals surface area contributed by atoms with Crippen LogP contribution < -0.4 is 10.7 Å². The van der Waals surface area contributed by atoms with Crippen molar-refractivity contribution in [2.24, 2.45) is 5.10 Å². The Morgan fingerprint density at radius 1 is 1.41 bits per heavy atom. The van der Waals surface area contributed by atoms with Crippen molar-refractivity contribution in [3.8, 4) is 0 Å². The molecule has 1 heterocycles. The summed E-state index contributed by atoms with van der Waals surface area (Å²) < 4.78 is 25.8. The molecule has 1 aromatic rings. The third kappa shape index (κ3) is 2.44. The standard InChI is InChI=1S/C10H7F2N3O2/c11-5-1-2-7(6(12)3-5)13-10(17)8-4-9(16)15-14-8/h1-3H,4H2,(H,13,17)(H,15,16). The summed E-state index contributed by atoms with van der Waals surface area (Å²) >= 11 is 0. The minimum Gasteiger partial charge on any atom is -0.318 e. The number of carbonyl (C=O) groups is 2. The Labute approximate surface area is 94.5 Å². The van der Waals surface area contributed by atoms with Crippen molar-refractivity contribution in [2.45, 2.75) is 6.42 Å². The number of rotatable bonds is 2. The molecular formula is C10H7F2N3O2. The van der Waals surface area contributed by atoms with Crippen LogP contribution in [0.5, 0.6) is 0 Å². The number of anilines is 1. The summed E-state index contributed by atoms with van der Waals surface area (Å²) in [5.74, 6) is -2.74. The van der Waals surface area contributed by atoms with Gasteiger partial charge in [0, 0.05) is 6.07 Å². The lowest BCUT2D eigenvalue weighted by molar-refractivity contribution is -0.119. The molecule has 2 amide bonds. The van der Waals surface area contributed by atoms with Crippen LogP contribution >= 0.6 is 0 Å². The number of hydrogen-bond donors (Lipinski definition) is 2. The summed E-state index contributed by atoms with van der Waals surface area (Å²) in [5, 5.41) is 5.66. The zero-order valence-electron chi connectivity index (χ0n) is 8.46. The van der Waals surface area contributed by atoms with E-state index in [2.05, 4.69) is 15.8 Å². The van der Waals surface area contributed by atoms with Crippen LogP contribution in [0.15, 0.2) is 23.3 Å². The van der Waals surface area contributed by atoms with Crippen LogP contribution in [0.3, 0.4) is 0 Å². The van der Waals surface area contributed by atoms with E-state index in [0.717, 1.165) is 12.1 Å². The average molecular weight is 239 g/mol. The maximum absolute atomic E-state index is 13.2. The van der Waals surface area contributed by atoms with Gasteiger partial charge in [-0.15, -0.1) is 0 Å². The number of carbonyl (C=O) groups excluding carboxylic acids is 2. The quantitative estimate of drug-likeness (QED) is 0.800. The van der Waals surface area contributed by atoms with Gasteiger partial charge in [0.2, 0.25) is 5.91 Å². The maximum Gasteiger partial charge on any atom is 0.272 e. The third-order valence-corrected chi connectivity index (χ3v) is 2.08. The lowest BCUT2D eigenvalue weighted by Crippen LogP contribution is -2.22. The SMILES string of the molecule is O=C1CC(C(=O)Nc2ccc(F)cc2F)=NN1. The number of hydrogen-bond acceptors (Lipinski definition) is 3. The Bertz CT molecular complexity index is 528. The lowest BCUT2D eigenvalue weighted by Gasteiger charge is -2.04. The Hall–Kier alpha value is -2.31. The highest BCUT2D eigenvalue weighted by Crippen LogP contribution is 2.15. The van der Waals surface area contributed by atoms with Crippen LogP contribution in [0.25, 0.3) is 0 Å². The first-order chi connectivity index (χ1) is 8.06. The van der Waals surface area contributed by atoms with E-state index in [4.69, 9.17) is 0 Å². The van der Waals surface area contributed by atoms with Gasteiger partial charge >= 0.3 is 0 Å². The molecular weight excluding hydrogens is 232 g/mol. The van der Waals surface area contributed by atoms with Crippen molar-refractivity contribution in [3.05, 3.63) is 29.8 Å². The molecule has 5 nitrogen and oxygen atoms in total. The number of hydrazone groups is 1. The molecule has 17 heavy (non-hydrogen) atoms. The molecule has 0 unspecified atom stereocenters. The van der Waals surface area contributed by atoms with Gasteiger partial charge in [-0.05, 0) is 12.1 Å². The second-order valence-electron chi connectivity index (χ2n) is 3.35. The molecule has 0 aliphatic carbocycles. The molecule has 0 spiro atoms. The number of amides is 2. The molecule has 7 heteroatoms. The largest absolute Gasteiger partial charge is 0.318 e. The monoisotopic (exact) mass is 239 g/mol. The van der Waals surface area contributed by atoms with Gasteiger partial charge in [0.1, 0.15) is 17.3 Å². The van der Waals surface area contributed by atoms with Gasteiger partial charge in [0.15, 0.2) is 0 Å². The van der Waals surface area contributed by atoms with Gasteiger partial charge in [-0.2, -0.15) is 5.10 Å². The first-order valence-corrected chi connectivity index (χ1v) is 4.68. The predicted octanol–water partition coefficient (Wildman–Crippen LogP) is 0.779. The van der Waals surface area contributed by atoms with Crippen LogP contribution in [-0.4, -0.2) is 17.5 Å². The fourth-order valence-electron chi connectivity index (χ4n) is 1.28. The first kappa shape index (κ1) is 11.2. The summed E-state index contributed by atoms with van der Waals surface area (Å²) in [5.41, 5.74) is 1.88. The molecule has 0 saturated heterocycles. The summed E-state index contributed by atoms with van der Waals surface area (Å²) in [7, 11) is 0. The molecule has 88 valence electrons. The highest BCUT2D eigenvalue weighted by atomic mass is 19.1. The summed E-state index contributed by atoms with van der Waals surface area (Å²) in [6, 6.07) is 2.75. The van der Waals surface area contributed by atoms with Crippen molar-refractivity contribution in [2.75, 3.05) is 5.32 Å². The number of halogens is 2. The third-order valence-electron chi connectivity index (χ3n) is 2.08. The van der Waals surface area contributed by atoms with Crippen molar-refractivity contribution in [1.29, 1.82) is 0 Å². The van der Waals surface area contributed by atoms with E-state index in [0.29, 0.717) is 6.07 Å². The van der Waals surface area contributed by atoms with Crippen molar-refractivity contribution >= 4 is 23.2 Å². The van der Waals surface area contributed by atoms with E-state index in [1.54, 1.807) is 0 Å². The second-order valence-corrected chi connectivity index (χ2v) is 3.35. The van der Waals surface area contributed by atoms with E-state index in [-0.39, 0.29) is 17.8 Å². The summed E-state index contributed by atoms with van der Waals surface area (Å²) in [6.07, 6.45) is -0.158. The average Bonchev–Trinajstić information content (AvgIpc) is 2.69. The highest BCUT2D eigenvalue weighted by Gasteiger charge is 2.22. The van der Waals surface area contributed by atoms with E-state index < -0.39 is 23.4 Å². The molecule has 0 atom stereocenters. The highest BCUT2D eigenvalue weighted by molar-refractivity contribution is 6.46. The van der Waals surface area contributed by atoms with Gasteiger partial charge in [-0.3, -0.25) is 9.59 Å². The zero-order valence-corrected chi connectivity index (χ0v) is 8.46.